The molecular weight excluding hydrogens is 137 g/mol. The van der Waals surface area contributed by atoms with Crippen molar-refractivity contribution in [1.82, 2.24) is 0 Å². The van der Waals surface area contributed by atoms with E-state index in [9.17, 15) is 9.30 Å². The zero-order valence-corrected chi connectivity index (χ0v) is 5.04. The molecule has 0 aliphatic carbocycles. The normalized spacial score (nSPS) is 8.10. The molecule has 1 aromatic carbocycles. The van der Waals surface area contributed by atoms with E-state index in [1.54, 1.807) is 0 Å². The molecule has 2 N–H and O–H groups in total. The molecule has 54 valence electrons. The maximum Gasteiger partial charge on any atom is 0.123 e. The molecule has 0 spiro atoms. The van der Waals surface area contributed by atoms with Crippen LogP contribution >= 0.6 is 0 Å². The summed E-state index contributed by atoms with van der Waals surface area (Å²) in [6, 6.07) is 5.03. The van der Waals surface area contributed by atoms with E-state index in [0.29, 0.717) is 0 Å². The van der Waals surface area contributed by atoms with E-state index in [2.05, 4.69) is 5.18 Å². The molecule has 0 fully saturated rings. The Bertz CT molecular complexity index is 209. The predicted octanol–water partition coefficient (Wildman–Crippen LogP) is 1.40. The first kappa shape index (κ1) is 8.71. The lowest BCUT2D eigenvalue weighted by atomic mass is 10.3. The summed E-state index contributed by atoms with van der Waals surface area (Å²) in [5, 5.41) is 2.60. The third kappa shape index (κ3) is 1.91. The van der Waals surface area contributed by atoms with E-state index >= 15 is 0 Å². The Balaban J connectivity index is 0.000000810. The Hall–Kier alpha value is -1.29. The number of hydrogen-bond donors (Lipinski definition) is 0. The summed E-state index contributed by atoms with van der Waals surface area (Å²) in [5.74, 6) is -0.359. The highest BCUT2D eigenvalue weighted by Crippen LogP contribution is 2.10. The summed E-state index contributed by atoms with van der Waals surface area (Å²) < 4.78 is 12.1. The number of nitroso groups, excluding NO2 is 1. The van der Waals surface area contributed by atoms with E-state index in [1.165, 1.54) is 24.3 Å². The van der Waals surface area contributed by atoms with Gasteiger partial charge in [-0.2, -0.15) is 0 Å². The maximum absolute atomic E-state index is 12.1. The van der Waals surface area contributed by atoms with Gasteiger partial charge in [0.05, 0.1) is 0 Å². The van der Waals surface area contributed by atoms with Crippen molar-refractivity contribution in [3.63, 3.8) is 0 Å². The SMILES string of the molecule is O.O=Nc1ccc(F)cc1. The molecule has 0 radical (unpaired) electrons. The van der Waals surface area contributed by atoms with Crippen LogP contribution in [-0.4, -0.2) is 5.48 Å². The van der Waals surface area contributed by atoms with Gasteiger partial charge in [0, 0.05) is 0 Å². The number of benzene rings is 1. The molecule has 1 aromatic rings. The fraction of sp³-hybridized carbons (Fsp3) is 0. The van der Waals surface area contributed by atoms with Crippen LogP contribution in [0.1, 0.15) is 0 Å². The van der Waals surface area contributed by atoms with Crippen LogP contribution in [0.5, 0.6) is 0 Å². The lowest BCUT2D eigenvalue weighted by molar-refractivity contribution is 0.628. The lowest BCUT2D eigenvalue weighted by Gasteiger charge is -1.85. The lowest BCUT2D eigenvalue weighted by Crippen LogP contribution is -1.67. The molecule has 0 aliphatic rings. The molecule has 0 saturated carbocycles. The van der Waals surface area contributed by atoms with Gasteiger partial charge in [-0.3, -0.25) is 0 Å². The fourth-order valence-corrected chi connectivity index (χ4v) is 0.502. The number of hydrogen-bond acceptors (Lipinski definition) is 2. The average molecular weight is 143 g/mol. The quantitative estimate of drug-likeness (QED) is 0.548. The maximum atomic E-state index is 12.1. The van der Waals surface area contributed by atoms with E-state index in [0.717, 1.165) is 0 Å². The van der Waals surface area contributed by atoms with Gasteiger partial charge in [0.25, 0.3) is 0 Å². The third-order valence-corrected chi connectivity index (χ3v) is 0.932. The fourth-order valence-electron chi connectivity index (χ4n) is 0.502. The van der Waals surface area contributed by atoms with Crippen LogP contribution in [0.2, 0.25) is 0 Å². The van der Waals surface area contributed by atoms with Gasteiger partial charge < -0.3 is 5.48 Å². The van der Waals surface area contributed by atoms with Crippen molar-refractivity contribution in [2.75, 3.05) is 0 Å². The second-order valence-electron chi connectivity index (χ2n) is 1.57. The molecule has 0 heterocycles. The van der Waals surface area contributed by atoms with E-state index < -0.39 is 0 Å². The molecule has 10 heavy (non-hydrogen) atoms. The Morgan fingerprint density at radius 1 is 1.20 bits per heavy atom. The molecule has 4 heteroatoms. The smallest absolute Gasteiger partial charge is 0.123 e. The van der Waals surface area contributed by atoms with Crippen molar-refractivity contribution in [1.29, 1.82) is 0 Å². The highest BCUT2D eigenvalue weighted by molar-refractivity contribution is 5.35. The molecule has 0 amide bonds. The summed E-state index contributed by atoms with van der Waals surface area (Å²) in [5.41, 5.74) is 0.247. The Morgan fingerprint density at radius 3 is 2.10 bits per heavy atom. The summed E-state index contributed by atoms with van der Waals surface area (Å²) in [6.07, 6.45) is 0. The van der Waals surface area contributed by atoms with Gasteiger partial charge in [-0.1, -0.05) is 0 Å². The summed E-state index contributed by atoms with van der Waals surface area (Å²) >= 11 is 0. The largest absolute Gasteiger partial charge is 0.412 e. The van der Waals surface area contributed by atoms with Gasteiger partial charge in [-0.15, -0.1) is 4.91 Å². The highest BCUT2D eigenvalue weighted by atomic mass is 19.1. The standard InChI is InChI=1S/C6H4FNO.H2O/c7-5-1-3-6(8-9)4-2-5;/h1-4H;1H2. The van der Waals surface area contributed by atoms with Gasteiger partial charge >= 0.3 is 0 Å². The third-order valence-electron chi connectivity index (χ3n) is 0.932. The van der Waals surface area contributed by atoms with E-state index in [1.807, 2.05) is 0 Å². The number of rotatable bonds is 1. The van der Waals surface area contributed by atoms with Crippen molar-refractivity contribution >= 4 is 5.69 Å². The minimum atomic E-state index is -0.359. The average Bonchev–Trinajstić information content (AvgIpc) is 1.90. The second-order valence-corrected chi connectivity index (χ2v) is 1.57. The zero-order valence-electron chi connectivity index (χ0n) is 5.04. The number of nitrogens with zero attached hydrogens (tertiary/aromatic N) is 1. The highest BCUT2D eigenvalue weighted by Gasteiger charge is 1.89. The van der Waals surface area contributed by atoms with Crippen LogP contribution in [0.3, 0.4) is 0 Å². The predicted molar refractivity (Wildman–Crippen MR) is 35.5 cm³/mol. The van der Waals surface area contributed by atoms with E-state index in [-0.39, 0.29) is 17.0 Å². The minimum absolute atomic E-state index is 0. The van der Waals surface area contributed by atoms with Gasteiger partial charge in [-0.05, 0) is 29.4 Å². The van der Waals surface area contributed by atoms with Crippen LogP contribution in [0, 0.1) is 10.7 Å². The van der Waals surface area contributed by atoms with Crippen LogP contribution in [-0.2, 0) is 0 Å². The Morgan fingerprint density at radius 2 is 1.70 bits per heavy atom. The van der Waals surface area contributed by atoms with Crippen LogP contribution in [0.15, 0.2) is 29.4 Å². The molecule has 1 rings (SSSR count). The van der Waals surface area contributed by atoms with Crippen molar-refractivity contribution in [3.05, 3.63) is 35.0 Å². The molecule has 0 aliphatic heterocycles. The van der Waals surface area contributed by atoms with Crippen LogP contribution in [0.25, 0.3) is 0 Å². The van der Waals surface area contributed by atoms with Crippen LogP contribution in [0.4, 0.5) is 10.1 Å². The summed E-state index contributed by atoms with van der Waals surface area (Å²) in [6.45, 7) is 0. The molecule has 0 atom stereocenters. The van der Waals surface area contributed by atoms with Crippen LogP contribution < -0.4 is 0 Å². The molecule has 3 nitrogen and oxygen atoms in total. The molecular formula is C6H6FNO2. The Kier molecular flexibility index (Phi) is 3.21. The van der Waals surface area contributed by atoms with E-state index in [4.69, 9.17) is 0 Å². The van der Waals surface area contributed by atoms with Crippen molar-refractivity contribution < 1.29 is 9.87 Å². The molecule has 0 saturated heterocycles. The zero-order chi connectivity index (χ0) is 6.69. The first-order valence-corrected chi connectivity index (χ1v) is 2.42. The van der Waals surface area contributed by atoms with Gasteiger partial charge in [0.15, 0.2) is 0 Å². The molecule has 0 unspecified atom stereocenters. The Labute approximate surface area is 56.8 Å². The first-order chi connectivity index (χ1) is 4.33. The van der Waals surface area contributed by atoms with Gasteiger partial charge in [0.1, 0.15) is 11.5 Å². The molecule has 0 aromatic heterocycles. The van der Waals surface area contributed by atoms with Gasteiger partial charge in [-0.25, -0.2) is 4.39 Å². The summed E-state index contributed by atoms with van der Waals surface area (Å²) in [7, 11) is 0. The van der Waals surface area contributed by atoms with Gasteiger partial charge in [0.2, 0.25) is 0 Å². The summed E-state index contributed by atoms with van der Waals surface area (Å²) in [4.78, 5) is 9.75. The first-order valence-electron chi connectivity index (χ1n) is 2.42. The van der Waals surface area contributed by atoms with Crippen molar-refractivity contribution in [3.8, 4) is 0 Å². The minimum Gasteiger partial charge on any atom is -0.412 e. The van der Waals surface area contributed by atoms with Crippen molar-refractivity contribution in [2.24, 2.45) is 5.18 Å². The second kappa shape index (κ2) is 3.68. The number of halogens is 1. The molecule has 0 bridgehead atoms. The van der Waals surface area contributed by atoms with Crippen molar-refractivity contribution in [2.45, 2.75) is 0 Å². The topological polar surface area (TPSA) is 60.9 Å². The monoisotopic (exact) mass is 143 g/mol.